The SMILES string of the molecule is COc1ccc([N+](=O)[O-])cc1NC(=O)[C@@H](C)[NH+](C)CC(=O)NC(C)C. The number of hydrogen-bond acceptors (Lipinski definition) is 5. The molecule has 0 aliphatic heterocycles. The third kappa shape index (κ3) is 6.03. The summed E-state index contributed by atoms with van der Waals surface area (Å²) >= 11 is 0. The maximum absolute atomic E-state index is 12.4. The first-order chi connectivity index (χ1) is 11.6. The predicted molar refractivity (Wildman–Crippen MR) is 92.8 cm³/mol. The van der Waals surface area contributed by atoms with Crippen LogP contribution < -0.4 is 20.3 Å². The van der Waals surface area contributed by atoms with Gasteiger partial charge in [-0.2, -0.15) is 0 Å². The summed E-state index contributed by atoms with van der Waals surface area (Å²) in [6.45, 7) is 5.53. The third-order valence-corrected chi connectivity index (χ3v) is 3.67. The fourth-order valence-corrected chi connectivity index (χ4v) is 2.15. The van der Waals surface area contributed by atoms with Crippen molar-refractivity contribution >= 4 is 23.2 Å². The van der Waals surface area contributed by atoms with Crippen molar-refractivity contribution in [1.29, 1.82) is 0 Å². The van der Waals surface area contributed by atoms with Crippen LogP contribution in [0.25, 0.3) is 0 Å². The van der Waals surface area contributed by atoms with Gasteiger partial charge in [0.05, 0.1) is 24.8 Å². The van der Waals surface area contributed by atoms with Crippen LogP contribution in [0.15, 0.2) is 18.2 Å². The second-order valence-electron chi connectivity index (χ2n) is 6.10. The first-order valence-electron chi connectivity index (χ1n) is 7.90. The van der Waals surface area contributed by atoms with Crippen LogP contribution in [0.1, 0.15) is 20.8 Å². The quantitative estimate of drug-likeness (QED) is 0.448. The van der Waals surface area contributed by atoms with Crippen LogP contribution in [0, 0.1) is 10.1 Å². The number of carbonyl (C=O) groups excluding carboxylic acids is 2. The van der Waals surface area contributed by atoms with E-state index in [4.69, 9.17) is 4.74 Å². The molecule has 0 fully saturated rings. The predicted octanol–water partition coefficient (Wildman–Crippen LogP) is -0.0303. The Bertz CT molecular complexity index is 647. The van der Waals surface area contributed by atoms with E-state index in [1.807, 2.05) is 13.8 Å². The monoisotopic (exact) mass is 353 g/mol. The van der Waals surface area contributed by atoms with Gasteiger partial charge in [0, 0.05) is 18.2 Å². The number of methoxy groups -OCH3 is 1. The molecule has 2 atom stereocenters. The second kappa shape index (κ2) is 8.97. The first-order valence-corrected chi connectivity index (χ1v) is 7.90. The molecule has 0 bridgehead atoms. The number of nitro groups is 1. The van der Waals surface area contributed by atoms with Gasteiger partial charge in [-0.3, -0.25) is 19.7 Å². The molecule has 138 valence electrons. The van der Waals surface area contributed by atoms with E-state index in [0.717, 1.165) is 0 Å². The Morgan fingerprint density at radius 2 is 1.96 bits per heavy atom. The lowest BCUT2D eigenvalue weighted by atomic mass is 10.2. The number of hydrogen-bond donors (Lipinski definition) is 3. The number of nitrogens with one attached hydrogen (secondary N) is 3. The van der Waals surface area contributed by atoms with Crippen LogP contribution in [-0.2, 0) is 9.59 Å². The number of amides is 2. The van der Waals surface area contributed by atoms with Crippen LogP contribution in [-0.4, -0.2) is 49.5 Å². The summed E-state index contributed by atoms with van der Waals surface area (Å²) < 4.78 is 5.12. The van der Waals surface area contributed by atoms with Gasteiger partial charge in [0.25, 0.3) is 17.5 Å². The molecule has 1 aromatic rings. The normalized spacial score (nSPS) is 13.0. The number of ether oxygens (including phenoxy) is 1. The van der Waals surface area contributed by atoms with E-state index in [1.165, 1.54) is 25.3 Å². The number of carbonyl (C=O) groups is 2. The fourth-order valence-electron chi connectivity index (χ4n) is 2.15. The molecule has 0 aliphatic carbocycles. The van der Waals surface area contributed by atoms with Crippen molar-refractivity contribution in [3.8, 4) is 5.75 Å². The van der Waals surface area contributed by atoms with E-state index in [-0.39, 0.29) is 35.8 Å². The largest absolute Gasteiger partial charge is 0.495 e. The van der Waals surface area contributed by atoms with Gasteiger partial charge in [0.2, 0.25) is 0 Å². The van der Waals surface area contributed by atoms with Crippen LogP contribution in [0.4, 0.5) is 11.4 Å². The Kier molecular flexibility index (Phi) is 7.31. The van der Waals surface area contributed by atoms with Crippen molar-refractivity contribution in [2.75, 3.05) is 26.0 Å². The Hall–Kier alpha value is -2.68. The highest BCUT2D eigenvalue weighted by molar-refractivity contribution is 5.95. The molecule has 9 nitrogen and oxygen atoms in total. The Morgan fingerprint density at radius 1 is 1.32 bits per heavy atom. The first kappa shape index (κ1) is 20.4. The highest BCUT2D eigenvalue weighted by atomic mass is 16.6. The van der Waals surface area contributed by atoms with Gasteiger partial charge in [-0.05, 0) is 26.8 Å². The molecule has 1 unspecified atom stereocenters. The molecular weight excluding hydrogens is 328 g/mol. The van der Waals surface area contributed by atoms with Gasteiger partial charge in [-0.25, -0.2) is 0 Å². The van der Waals surface area contributed by atoms with Crippen LogP contribution in [0.3, 0.4) is 0 Å². The Morgan fingerprint density at radius 3 is 2.48 bits per heavy atom. The van der Waals surface area contributed by atoms with Crippen molar-refractivity contribution < 1.29 is 24.1 Å². The zero-order valence-electron chi connectivity index (χ0n) is 15.1. The van der Waals surface area contributed by atoms with Gasteiger partial charge >= 0.3 is 0 Å². The molecule has 3 N–H and O–H groups in total. The van der Waals surface area contributed by atoms with Gasteiger partial charge < -0.3 is 20.3 Å². The number of nitro benzene ring substituents is 1. The molecule has 9 heteroatoms. The second-order valence-corrected chi connectivity index (χ2v) is 6.10. The van der Waals surface area contributed by atoms with Crippen molar-refractivity contribution in [3.63, 3.8) is 0 Å². The highest BCUT2D eigenvalue weighted by Gasteiger charge is 2.25. The summed E-state index contributed by atoms with van der Waals surface area (Å²) in [5, 5.41) is 16.3. The fraction of sp³-hybridized carbons (Fsp3) is 0.500. The minimum absolute atomic E-state index is 0.0264. The molecule has 0 radical (unpaired) electrons. The summed E-state index contributed by atoms with van der Waals surface area (Å²) in [4.78, 5) is 35.3. The van der Waals surface area contributed by atoms with Crippen LogP contribution in [0.2, 0.25) is 0 Å². The molecule has 25 heavy (non-hydrogen) atoms. The third-order valence-electron chi connectivity index (χ3n) is 3.67. The summed E-state index contributed by atoms with van der Waals surface area (Å²) in [7, 11) is 3.14. The zero-order chi connectivity index (χ0) is 19.1. The molecule has 1 aromatic carbocycles. The van der Waals surface area contributed by atoms with E-state index in [0.29, 0.717) is 10.6 Å². The summed E-state index contributed by atoms with van der Waals surface area (Å²) in [5.74, 6) is -0.199. The minimum Gasteiger partial charge on any atom is -0.495 e. The lowest BCUT2D eigenvalue weighted by Gasteiger charge is -2.21. The van der Waals surface area contributed by atoms with E-state index in [9.17, 15) is 19.7 Å². The molecule has 0 spiro atoms. The average molecular weight is 353 g/mol. The molecule has 1 rings (SSSR count). The van der Waals surface area contributed by atoms with E-state index < -0.39 is 11.0 Å². The average Bonchev–Trinajstić information content (AvgIpc) is 2.52. The number of nitrogens with zero attached hydrogens (tertiary/aromatic N) is 1. The number of likely N-dealkylation sites (N-methyl/N-ethyl adjacent to an activating group) is 1. The van der Waals surface area contributed by atoms with Gasteiger partial charge in [-0.15, -0.1) is 0 Å². The maximum atomic E-state index is 12.4. The molecule has 2 amide bonds. The van der Waals surface area contributed by atoms with Gasteiger partial charge in [0.1, 0.15) is 5.75 Å². The summed E-state index contributed by atoms with van der Waals surface area (Å²) in [5.41, 5.74) is 0.0637. The molecular formula is C16H25N4O5+. The molecule has 0 aliphatic rings. The number of anilines is 1. The lowest BCUT2D eigenvalue weighted by Crippen LogP contribution is -3.15. The van der Waals surface area contributed by atoms with E-state index in [1.54, 1.807) is 14.0 Å². The lowest BCUT2D eigenvalue weighted by molar-refractivity contribution is -0.885. The van der Waals surface area contributed by atoms with Crippen LogP contribution >= 0.6 is 0 Å². The molecule has 0 heterocycles. The molecule has 0 saturated heterocycles. The molecule has 0 saturated carbocycles. The number of quaternary nitrogens is 1. The van der Waals surface area contributed by atoms with Crippen LogP contribution in [0.5, 0.6) is 5.75 Å². The number of non-ortho nitro benzene ring substituents is 1. The minimum atomic E-state index is -0.549. The van der Waals surface area contributed by atoms with Gasteiger partial charge in [0.15, 0.2) is 12.6 Å². The van der Waals surface area contributed by atoms with E-state index >= 15 is 0 Å². The topological polar surface area (TPSA) is 115 Å². The zero-order valence-corrected chi connectivity index (χ0v) is 15.1. The van der Waals surface area contributed by atoms with Crippen molar-refractivity contribution in [1.82, 2.24) is 5.32 Å². The smallest absolute Gasteiger partial charge is 0.282 e. The number of benzene rings is 1. The Labute approximate surface area is 146 Å². The Balaban J connectivity index is 2.82. The molecule has 0 aromatic heterocycles. The standard InChI is InChI=1S/C16H24N4O5/c1-10(2)17-15(21)9-19(4)11(3)16(22)18-13-8-12(20(23)24)6-7-14(13)25-5/h6-8,10-11H,9H2,1-5H3,(H,17,21)(H,18,22)/p+1/t11-/m1/s1. The number of rotatable bonds is 8. The van der Waals surface area contributed by atoms with Crippen molar-refractivity contribution in [3.05, 3.63) is 28.3 Å². The van der Waals surface area contributed by atoms with Crippen molar-refractivity contribution in [2.45, 2.75) is 32.9 Å². The van der Waals surface area contributed by atoms with E-state index in [2.05, 4.69) is 10.6 Å². The highest BCUT2D eigenvalue weighted by Crippen LogP contribution is 2.28. The summed E-state index contributed by atoms with van der Waals surface area (Å²) in [6.07, 6.45) is 0. The summed E-state index contributed by atoms with van der Waals surface area (Å²) in [6, 6.07) is 3.45. The van der Waals surface area contributed by atoms with Gasteiger partial charge in [-0.1, -0.05) is 0 Å². The van der Waals surface area contributed by atoms with Crippen molar-refractivity contribution in [2.24, 2.45) is 0 Å². The maximum Gasteiger partial charge on any atom is 0.282 e.